The van der Waals surface area contributed by atoms with E-state index in [1.807, 2.05) is 12.1 Å². The summed E-state index contributed by atoms with van der Waals surface area (Å²) in [6, 6.07) is 8.67. The normalized spacial score (nSPS) is 18.9. The number of likely N-dealkylation sites (N-methyl/N-ethyl adjacent to an activating group) is 1. The third kappa shape index (κ3) is 4.88. The van der Waals surface area contributed by atoms with Crippen LogP contribution in [0.2, 0.25) is 0 Å². The van der Waals surface area contributed by atoms with Gasteiger partial charge in [0.05, 0.1) is 0 Å². The Kier molecular flexibility index (Phi) is 6.30. The number of hydrogen-bond donors (Lipinski definition) is 2. The monoisotopic (exact) mass is 331 g/mol. The average molecular weight is 331 g/mol. The molecule has 1 atom stereocenters. The van der Waals surface area contributed by atoms with E-state index in [2.05, 4.69) is 54.0 Å². The van der Waals surface area contributed by atoms with E-state index < -0.39 is 0 Å². The first-order chi connectivity index (χ1) is 11.0. The Labute approximate surface area is 144 Å². The molecule has 1 unspecified atom stereocenters. The van der Waals surface area contributed by atoms with E-state index in [0.29, 0.717) is 11.6 Å². The van der Waals surface area contributed by atoms with Crippen LogP contribution in [0.1, 0.15) is 13.3 Å². The lowest BCUT2D eigenvalue weighted by atomic mass is 10.2. The summed E-state index contributed by atoms with van der Waals surface area (Å²) >= 11 is 3.97. The zero-order valence-corrected chi connectivity index (χ0v) is 14.9. The SMILES string of the molecule is C/C(=C\C=C/S)C(=O)Nc1ccc(N2CCC(N(C)C)C2)cc1. The van der Waals surface area contributed by atoms with Crippen LogP contribution in [0.3, 0.4) is 0 Å². The molecule has 1 aromatic carbocycles. The molecule has 0 spiro atoms. The van der Waals surface area contributed by atoms with Gasteiger partial charge in [-0.2, -0.15) is 12.6 Å². The first-order valence-corrected chi connectivity index (χ1v) is 8.33. The molecule has 0 bridgehead atoms. The van der Waals surface area contributed by atoms with Gasteiger partial charge in [-0.05, 0) is 57.1 Å². The Morgan fingerprint density at radius 1 is 1.35 bits per heavy atom. The maximum atomic E-state index is 12.0. The van der Waals surface area contributed by atoms with E-state index in [1.54, 1.807) is 24.5 Å². The molecule has 1 fully saturated rings. The van der Waals surface area contributed by atoms with Gasteiger partial charge in [-0.1, -0.05) is 12.2 Å². The molecule has 2 rings (SSSR count). The third-order valence-corrected chi connectivity index (χ3v) is 4.35. The molecular weight excluding hydrogens is 306 g/mol. The third-order valence-electron chi connectivity index (χ3n) is 4.17. The van der Waals surface area contributed by atoms with Crippen LogP contribution >= 0.6 is 12.6 Å². The molecule has 0 aromatic heterocycles. The maximum absolute atomic E-state index is 12.0. The lowest BCUT2D eigenvalue weighted by Crippen LogP contribution is -2.31. The highest BCUT2D eigenvalue weighted by atomic mass is 32.1. The zero-order valence-electron chi connectivity index (χ0n) is 14.0. The molecule has 1 aromatic rings. The molecule has 1 amide bonds. The van der Waals surface area contributed by atoms with E-state index in [1.165, 1.54) is 12.1 Å². The fourth-order valence-electron chi connectivity index (χ4n) is 2.65. The molecule has 23 heavy (non-hydrogen) atoms. The topological polar surface area (TPSA) is 35.6 Å². The minimum atomic E-state index is -0.0990. The number of benzene rings is 1. The van der Waals surface area contributed by atoms with Crippen molar-refractivity contribution in [1.29, 1.82) is 0 Å². The fourth-order valence-corrected chi connectivity index (χ4v) is 2.73. The number of hydrogen-bond acceptors (Lipinski definition) is 4. The van der Waals surface area contributed by atoms with Gasteiger partial charge >= 0.3 is 0 Å². The van der Waals surface area contributed by atoms with Crippen molar-refractivity contribution in [2.24, 2.45) is 0 Å². The molecule has 1 aliphatic rings. The van der Waals surface area contributed by atoms with Gasteiger partial charge < -0.3 is 15.1 Å². The Morgan fingerprint density at radius 3 is 2.61 bits per heavy atom. The number of carbonyl (C=O) groups excluding carboxylic acids is 1. The number of nitrogens with zero attached hydrogens (tertiary/aromatic N) is 2. The number of allylic oxidation sites excluding steroid dienone is 2. The minimum Gasteiger partial charge on any atom is -0.370 e. The van der Waals surface area contributed by atoms with Gasteiger partial charge in [-0.25, -0.2) is 0 Å². The van der Waals surface area contributed by atoms with Gasteiger partial charge in [0, 0.05) is 36.1 Å². The van der Waals surface area contributed by atoms with Crippen molar-refractivity contribution in [3.63, 3.8) is 0 Å². The molecule has 124 valence electrons. The summed E-state index contributed by atoms with van der Waals surface area (Å²) in [5, 5.41) is 4.50. The van der Waals surface area contributed by atoms with Crippen molar-refractivity contribution in [1.82, 2.24) is 4.90 Å². The molecule has 0 aliphatic carbocycles. The van der Waals surface area contributed by atoms with E-state index in [0.717, 1.165) is 18.8 Å². The van der Waals surface area contributed by atoms with Crippen LogP contribution in [0.15, 0.2) is 47.4 Å². The number of rotatable bonds is 5. The van der Waals surface area contributed by atoms with Crippen LogP contribution in [0, 0.1) is 0 Å². The van der Waals surface area contributed by atoms with Gasteiger partial charge in [0.1, 0.15) is 0 Å². The highest BCUT2D eigenvalue weighted by molar-refractivity contribution is 7.83. The average Bonchev–Trinajstić information content (AvgIpc) is 3.03. The van der Waals surface area contributed by atoms with Gasteiger partial charge in [0.15, 0.2) is 0 Å². The van der Waals surface area contributed by atoms with Gasteiger partial charge in [0.2, 0.25) is 0 Å². The molecule has 1 saturated heterocycles. The van der Waals surface area contributed by atoms with Crippen LogP contribution < -0.4 is 10.2 Å². The molecule has 4 nitrogen and oxygen atoms in total. The lowest BCUT2D eigenvalue weighted by molar-refractivity contribution is -0.112. The van der Waals surface area contributed by atoms with E-state index in [-0.39, 0.29) is 5.91 Å². The Morgan fingerprint density at radius 2 is 2.04 bits per heavy atom. The van der Waals surface area contributed by atoms with E-state index in [4.69, 9.17) is 0 Å². The zero-order chi connectivity index (χ0) is 16.8. The second kappa shape index (κ2) is 8.22. The van der Waals surface area contributed by atoms with Crippen LogP contribution in [-0.2, 0) is 4.79 Å². The first kappa shape index (κ1) is 17.6. The molecule has 5 heteroatoms. The smallest absolute Gasteiger partial charge is 0.251 e. The number of thiol groups is 1. The van der Waals surface area contributed by atoms with E-state index >= 15 is 0 Å². The highest BCUT2D eigenvalue weighted by Crippen LogP contribution is 2.23. The fraction of sp³-hybridized carbons (Fsp3) is 0.389. The Hall–Kier alpha value is -1.72. The standard InChI is InChI=1S/C18H25N3OS/c1-14(5-4-12-23)18(22)19-15-6-8-16(9-7-15)21-11-10-17(13-21)20(2)3/h4-9,12,17,23H,10-11,13H2,1-3H3,(H,19,22)/b12-4-,14-5+. The van der Waals surface area contributed by atoms with Crippen molar-refractivity contribution in [3.05, 3.63) is 47.4 Å². The number of carbonyl (C=O) groups is 1. The lowest BCUT2D eigenvalue weighted by Gasteiger charge is -2.22. The molecule has 1 heterocycles. The predicted molar refractivity (Wildman–Crippen MR) is 101 cm³/mol. The van der Waals surface area contributed by atoms with Gasteiger partial charge in [0.25, 0.3) is 5.91 Å². The Balaban J connectivity index is 1.96. The van der Waals surface area contributed by atoms with Gasteiger partial charge in [-0.3, -0.25) is 4.79 Å². The number of nitrogens with one attached hydrogen (secondary N) is 1. The van der Waals surface area contributed by atoms with Gasteiger partial charge in [-0.15, -0.1) is 0 Å². The molecular formula is C18H25N3OS. The molecule has 1 aliphatic heterocycles. The summed E-state index contributed by atoms with van der Waals surface area (Å²) < 4.78 is 0. The van der Waals surface area contributed by atoms with Crippen molar-refractivity contribution in [2.45, 2.75) is 19.4 Å². The summed E-state index contributed by atoms with van der Waals surface area (Å²) in [6.45, 7) is 3.91. The molecule has 0 radical (unpaired) electrons. The van der Waals surface area contributed by atoms with E-state index in [9.17, 15) is 4.79 Å². The highest BCUT2D eigenvalue weighted by Gasteiger charge is 2.23. The summed E-state index contributed by atoms with van der Waals surface area (Å²) in [6.07, 6.45) is 4.66. The predicted octanol–water partition coefficient (Wildman–Crippen LogP) is 3.16. The van der Waals surface area contributed by atoms with Crippen LogP contribution in [0.5, 0.6) is 0 Å². The first-order valence-electron chi connectivity index (χ1n) is 7.81. The van der Waals surface area contributed by atoms with Crippen molar-refractivity contribution in [3.8, 4) is 0 Å². The minimum absolute atomic E-state index is 0.0990. The quantitative estimate of drug-likeness (QED) is 0.494. The van der Waals surface area contributed by atoms with Crippen LogP contribution in [-0.4, -0.2) is 44.0 Å². The number of amides is 1. The maximum Gasteiger partial charge on any atom is 0.251 e. The van der Waals surface area contributed by atoms with Crippen molar-refractivity contribution in [2.75, 3.05) is 37.4 Å². The van der Waals surface area contributed by atoms with Crippen LogP contribution in [0.4, 0.5) is 11.4 Å². The molecule has 0 saturated carbocycles. The molecule has 1 N–H and O–H groups in total. The second-order valence-corrected chi connectivity index (χ2v) is 6.34. The van der Waals surface area contributed by atoms with Crippen molar-refractivity contribution < 1.29 is 4.79 Å². The van der Waals surface area contributed by atoms with Crippen LogP contribution in [0.25, 0.3) is 0 Å². The summed E-state index contributed by atoms with van der Waals surface area (Å²) in [5.41, 5.74) is 2.66. The summed E-state index contributed by atoms with van der Waals surface area (Å²) in [4.78, 5) is 16.7. The largest absolute Gasteiger partial charge is 0.370 e. The summed E-state index contributed by atoms with van der Waals surface area (Å²) in [7, 11) is 4.26. The second-order valence-electron chi connectivity index (χ2n) is 6.04. The summed E-state index contributed by atoms with van der Waals surface area (Å²) in [5.74, 6) is -0.0990. The Bertz CT molecular complexity index is 593. The van der Waals surface area contributed by atoms with Crippen molar-refractivity contribution >= 4 is 29.9 Å². The number of anilines is 2.